The van der Waals surface area contributed by atoms with Gasteiger partial charge in [-0.15, -0.1) is 0 Å². The quantitative estimate of drug-likeness (QED) is 0.445. The Balaban J connectivity index is 1.29. The fourth-order valence-corrected chi connectivity index (χ4v) is 3.56. The number of hydrogen-bond donors (Lipinski definition) is 1. The van der Waals surface area contributed by atoms with Gasteiger partial charge in [0, 0.05) is 5.92 Å². The molecule has 4 rings (SSSR count). The number of benzene rings is 2. The van der Waals surface area contributed by atoms with Gasteiger partial charge in [0.05, 0.1) is 44.5 Å². The number of nitrogens with two attached hydrogens (primary N) is 1. The molecule has 0 spiro atoms. The summed E-state index contributed by atoms with van der Waals surface area (Å²) in [6.07, 6.45) is 1.71. The molecule has 162 valence electrons. The van der Waals surface area contributed by atoms with E-state index in [2.05, 4.69) is 5.10 Å². The van der Waals surface area contributed by atoms with Gasteiger partial charge in [0.15, 0.2) is 6.23 Å². The Hall–Kier alpha value is -3.23. The van der Waals surface area contributed by atoms with Gasteiger partial charge in [0.2, 0.25) is 0 Å². The van der Waals surface area contributed by atoms with Crippen molar-refractivity contribution >= 4 is 18.2 Å². The van der Waals surface area contributed by atoms with Crippen molar-refractivity contribution in [2.45, 2.75) is 19.1 Å². The highest BCUT2D eigenvalue weighted by Crippen LogP contribution is 2.30. The number of hydrogen-bond acceptors (Lipinski definition) is 8. The van der Waals surface area contributed by atoms with Crippen molar-refractivity contribution < 1.29 is 23.8 Å². The Labute approximate surface area is 180 Å². The lowest BCUT2D eigenvalue weighted by Crippen LogP contribution is -2.41. The van der Waals surface area contributed by atoms with Crippen LogP contribution in [0.2, 0.25) is 0 Å². The van der Waals surface area contributed by atoms with Crippen LogP contribution in [0.3, 0.4) is 0 Å². The fraction of sp³-hybridized carbons (Fsp3) is 0.348. The van der Waals surface area contributed by atoms with E-state index in [4.69, 9.17) is 19.9 Å². The molecule has 0 radical (unpaired) electrons. The SMILES string of the molecule is NC1Oc2ccccc2CC1CC(=O)OC(=O)c1ccc(C=NN2CCOCC2)cc1. The first-order chi connectivity index (χ1) is 15.1. The third-order valence-electron chi connectivity index (χ3n) is 5.32. The van der Waals surface area contributed by atoms with Crippen LogP contribution in [-0.4, -0.2) is 55.7 Å². The van der Waals surface area contributed by atoms with Crippen LogP contribution in [0.15, 0.2) is 53.6 Å². The van der Waals surface area contributed by atoms with Crippen LogP contribution in [0.1, 0.15) is 27.9 Å². The molecule has 2 aliphatic rings. The highest BCUT2D eigenvalue weighted by atomic mass is 16.6. The van der Waals surface area contributed by atoms with E-state index in [0.717, 1.165) is 30.0 Å². The van der Waals surface area contributed by atoms with E-state index < -0.39 is 18.2 Å². The summed E-state index contributed by atoms with van der Waals surface area (Å²) in [7, 11) is 0. The molecule has 0 amide bonds. The lowest BCUT2D eigenvalue weighted by molar-refractivity contribution is -0.140. The van der Waals surface area contributed by atoms with Crippen molar-refractivity contribution in [3.8, 4) is 5.75 Å². The average molecular weight is 423 g/mol. The topological polar surface area (TPSA) is 103 Å². The number of ether oxygens (including phenoxy) is 3. The summed E-state index contributed by atoms with van der Waals surface area (Å²) >= 11 is 0. The van der Waals surface area contributed by atoms with Crippen LogP contribution in [0.5, 0.6) is 5.75 Å². The minimum Gasteiger partial charge on any atom is -0.475 e. The maximum absolute atomic E-state index is 12.3. The van der Waals surface area contributed by atoms with Crippen molar-refractivity contribution in [1.82, 2.24) is 5.01 Å². The Morgan fingerprint density at radius 1 is 1.13 bits per heavy atom. The van der Waals surface area contributed by atoms with E-state index in [9.17, 15) is 9.59 Å². The maximum Gasteiger partial charge on any atom is 0.345 e. The smallest absolute Gasteiger partial charge is 0.345 e. The second-order valence-electron chi connectivity index (χ2n) is 7.55. The normalized spacial score (nSPS) is 20.7. The summed E-state index contributed by atoms with van der Waals surface area (Å²) in [6, 6.07) is 14.3. The number of nitrogens with zero attached hydrogens (tertiary/aromatic N) is 2. The standard InChI is InChI=1S/C23H25N3O5/c24-22-19(13-18-3-1-2-4-20(18)30-22)14-21(27)31-23(28)17-7-5-16(6-8-17)15-25-26-9-11-29-12-10-26/h1-8,15,19,22H,9-14,24H2. The molecule has 0 bridgehead atoms. The fourth-order valence-electron chi connectivity index (χ4n) is 3.56. The summed E-state index contributed by atoms with van der Waals surface area (Å²) in [5, 5.41) is 6.33. The maximum atomic E-state index is 12.3. The number of esters is 2. The molecule has 1 fully saturated rings. The first kappa shape index (κ1) is 21.0. The number of rotatable bonds is 5. The predicted octanol–water partition coefficient (Wildman–Crippen LogP) is 1.96. The molecule has 0 aliphatic carbocycles. The van der Waals surface area contributed by atoms with Gasteiger partial charge in [0.1, 0.15) is 5.75 Å². The number of carbonyl (C=O) groups excluding carboxylic acids is 2. The van der Waals surface area contributed by atoms with Gasteiger partial charge >= 0.3 is 11.9 Å². The zero-order valence-corrected chi connectivity index (χ0v) is 17.1. The van der Waals surface area contributed by atoms with E-state index in [1.165, 1.54) is 0 Å². The number of carbonyl (C=O) groups is 2. The van der Waals surface area contributed by atoms with Crippen LogP contribution >= 0.6 is 0 Å². The molecule has 2 aliphatic heterocycles. The van der Waals surface area contributed by atoms with Crippen LogP contribution in [0.25, 0.3) is 0 Å². The van der Waals surface area contributed by atoms with E-state index in [1.54, 1.807) is 30.5 Å². The predicted molar refractivity (Wildman–Crippen MR) is 114 cm³/mol. The number of hydrazone groups is 1. The Bertz CT molecular complexity index is 954. The van der Waals surface area contributed by atoms with Gasteiger partial charge in [-0.3, -0.25) is 15.5 Å². The Kier molecular flexibility index (Phi) is 6.59. The van der Waals surface area contributed by atoms with Gasteiger partial charge < -0.3 is 14.2 Å². The number of fused-ring (bicyclic) bond motifs is 1. The van der Waals surface area contributed by atoms with Gasteiger partial charge in [-0.1, -0.05) is 30.3 Å². The van der Waals surface area contributed by atoms with Gasteiger partial charge in [0.25, 0.3) is 0 Å². The third kappa shape index (κ3) is 5.48. The molecular formula is C23H25N3O5. The highest BCUT2D eigenvalue weighted by Gasteiger charge is 2.30. The molecule has 8 heteroatoms. The largest absolute Gasteiger partial charge is 0.475 e. The molecular weight excluding hydrogens is 398 g/mol. The van der Waals surface area contributed by atoms with Crippen LogP contribution < -0.4 is 10.5 Å². The third-order valence-corrected chi connectivity index (χ3v) is 5.32. The molecule has 0 saturated carbocycles. The molecule has 31 heavy (non-hydrogen) atoms. The zero-order valence-electron chi connectivity index (χ0n) is 17.1. The lowest BCUT2D eigenvalue weighted by Gasteiger charge is -2.30. The lowest BCUT2D eigenvalue weighted by atomic mass is 9.92. The second-order valence-corrected chi connectivity index (χ2v) is 7.55. The molecule has 2 aromatic carbocycles. The van der Waals surface area contributed by atoms with E-state index in [0.29, 0.717) is 25.2 Å². The molecule has 2 unspecified atom stereocenters. The zero-order chi connectivity index (χ0) is 21.6. The monoisotopic (exact) mass is 423 g/mol. The number of morpholine rings is 1. The molecule has 2 aromatic rings. The highest BCUT2D eigenvalue weighted by molar-refractivity contribution is 5.97. The summed E-state index contributed by atoms with van der Waals surface area (Å²) in [5.74, 6) is -0.833. The second kappa shape index (κ2) is 9.72. The molecule has 2 atom stereocenters. The van der Waals surface area contributed by atoms with Crippen molar-refractivity contribution in [2.24, 2.45) is 16.8 Å². The van der Waals surface area contributed by atoms with Crippen LogP contribution in [0.4, 0.5) is 0 Å². The van der Waals surface area contributed by atoms with E-state index in [1.807, 2.05) is 29.3 Å². The summed E-state index contributed by atoms with van der Waals surface area (Å²) < 4.78 is 16.0. The van der Waals surface area contributed by atoms with Crippen molar-refractivity contribution in [1.29, 1.82) is 0 Å². The van der Waals surface area contributed by atoms with Crippen LogP contribution in [0, 0.1) is 5.92 Å². The average Bonchev–Trinajstić information content (AvgIpc) is 2.79. The Morgan fingerprint density at radius 2 is 1.87 bits per heavy atom. The number of para-hydroxylation sites is 1. The Morgan fingerprint density at radius 3 is 2.65 bits per heavy atom. The van der Waals surface area contributed by atoms with Crippen LogP contribution in [-0.2, 0) is 20.7 Å². The summed E-state index contributed by atoms with van der Waals surface area (Å²) in [4.78, 5) is 24.6. The molecule has 1 saturated heterocycles. The molecule has 0 aromatic heterocycles. The minimum atomic E-state index is -0.688. The van der Waals surface area contributed by atoms with E-state index >= 15 is 0 Å². The molecule has 2 N–H and O–H groups in total. The molecule has 8 nitrogen and oxygen atoms in total. The minimum absolute atomic E-state index is 0.00549. The molecule has 2 heterocycles. The van der Waals surface area contributed by atoms with Gasteiger partial charge in [-0.05, 0) is 35.7 Å². The van der Waals surface area contributed by atoms with E-state index in [-0.39, 0.29) is 12.3 Å². The van der Waals surface area contributed by atoms with Crippen molar-refractivity contribution in [2.75, 3.05) is 26.3 Å². The summed E-state index contributed by atoms with van der Waals surface area (Å²) in [6.45, 7) is 2.84. The van der Waals surface area contributed by atoms with Crippen molar-refractivity contribution in [3.63, 3.8) is 0 Å². The summed E-state index contributed by atoms with van der Waals surface area (Å²) in [5.41, 5.74) is 8.18. The van der Waals surface area contributed by atoms with Gasteiger partial charge in [-0.25, -0.2) is 4.79 Å². The van der Waals surface area contributed by atoms with Gasteiger partial charge in [-0.2, -0.15) is 5.10 Å². The van der Waals surface area contributed by atoms with Crippen molar-refractivity contribution in [3.05, 3.63) is 65.2 Å². The first-order valence-electron chi connectivity index (χ1n) is 10.3. The first-order valence-corrected chi connectivity index (χ1v) is 10.3.